The van der Waals surface area contributed by atoms with Crippen LogP contribution in [0.3, 0.4) is 0 Å². The van der Waals surface area contributed by atoms with Crippen LogP contribution in [0.2, 0.25) is 25.7 Å². The van der Waals surface area contributed by atoms with Crippen molar-refractivity contribution in [2.24, 2.45) is 0 Å². The Morgan fingerprint density at radius 2 is 1.56 bits per heavy atom. The van der Waals surface area contributed by atoms with E-state index in [1.807, 2.05) is 0 Å². The van der Waals surface area contributed by atoms with E-state index in [9.17, 15) is 0 Å². The number of aliphatic hydroxyl groups excluding tert-OH is 1. The molecule has 4 heteroatoms. The summed E-state index contributed by atoms with van der Waals surface area (Å²) in [5.41, 5.74) is 0. The van der Waals surface area contributed by atoms with Crippen molar-refractivity contribution < 1.29 is 5.11 Å². The highest BCUT2D eigenvalue weighted by atomic mass is 35.5. The van der Waals surface area contributed by atoms with Gasteiger partial charge in [0, 0.05) is 14.7 Å². The van der Waals surface area contributed by atoms with Gasteiger partial charge < -0.3 is 5.11 Å². The predicted molar refractivity (Wildman–Crippen MR) is 51.0 cm³/mol. The molecule has 0 saturated heterocycles. The predicted octanol–water partition coefficient (Wildman–Crippen LogP) is 0.822. The first-order valence-electron chi connectivity index (χ1n) is 2.67. The fourth-order valence-electron chi connectivity index (χ4n) is 0.335. The average molecular weight is 181 g/mol. The van der Waals surface area contributed by atoms with E-state index in [4.69, 9.17) is 5.11 Å². The molecule has 0 fully saturated rings. The minimum Gasteiger partial charge on any atom is -0.397 e. The molecule has 0 rings (SSSR count). The maximum atomic E-state index is 8.44. The second-order valence-corrected chi connectivity index (χ2v) is 8.66. The molecule has 0 aromatic rings. The van der Waals surface area contributed by atoms with Crippen LogP contribution in [0.5, 0.6) is 0 Å². The zero-order valence-corrected chi connectivity index (χ0v) is 7.59. The molecule has 0 aromatic carbocycles. The van der Waals surface area contributed by atoms with Gasteiger partial charge in [-0.3, -0.25) is 0 Å². The Morgan fingerprint density at radius 1 is 1.22 bits per heavy atom. The normalized spacial score (nSPS) is 9.33. The van der Waals surface area contributed by atoms with E-state index in [1.165, 1.54) is 0 Å². The van der Waals surface area contributed by atoms with E-state index < -0.39 is 8.07 Å². The summed E-state index contributed by atoms with van der Waals surface area (Å²) < 4.78 is 0. The Kier molecular flexibility index (Phi) is 13.6. The largest absolute Gasteiger partial charge is 0.397 e. The standard InChI is InChI=1S/C5H14OSi.ClH.Mg.2H/c1-7(2,3)5-4-6;;;;/h6H,4-5H2,1-3H3;1H;;;. The summed E-state index contributed by atoms with van der Waals surface area (Å²) in [4.78, 5) is 0. The number of aliphatic hydroxyl groups is 1. The second-order valence-electron chi connectivity index (χ2n) is 3.03. The Morgan fingerprint density at radius 3 is 1.56 bits per heavy atom. The van der Waals surface area contributed by atoms with Gasteiger partial charge in [0.2, 0.25) is 0 Å². The lowest BCUT2D eigenvalue weighted by atomic mass is 10.9. The van der Waals surface area contributed by atoms with Crippen LogP contribution in [0.1, 0.15) is 0 Å². The van der Waals surface area contributed by atoms with E-state index in [1.54, 1.807) is 0 Å². The van der Waals surface area contributed by atoms with Crippen LogP contribution in [-0.4, -0.2) is 42.8 Å². The average Bonchev–Trinajstić information content (AvgIpc) is 1.30. The zero-order chi connectivity index (χ0) is 5.91. The van der Waals surface area contributed by atoms with Gasteiger partial charge in [-0.05, 0) is 6.04 Å². The monoisotopic (exact) mass is 180 g/mol. The van der Waals surface area contributed by atoms with Crippen molar-refractivity contribution in [2.75, 3.05) is 6.61 Å². The molecule has 56 valence electrons. The molecule has 0 aromatic heterocycles. The summed E-state index contributed by atoms with van der Waals surface area (Å²) in [6.45, 7) is 7.13. The molecular weight excluding hydrogens is 164 g/mol. The van der Waals surface area contributed by atoms with Crippen molar-refractivity contribution in [2.45, 2.75) is 25.7 Å². The number of hydrogen-bond acceptors (Lipinski definition) is 1. The summed E-state index contributed by atoms with van der Waals surface area (Å²) in [6, 6.07) is 1.03. The molecule has 0 unspecified atom stereocenters. The molecule has 0 saturated carbocycles. The molecule has 0 bridgehead atoms. The third-order valence-electron chi connectivity index (χ3n) is 0.862. The first kappa shape index (κ1) is 16.7. The van der Waals surface area contributed by atoms with Crippen molar-refractivity contribution in [3.8, 4) is 0 Å². The quantitative estimate of drug-likeness (QED) is 0.625. The van der Waals surface area contributed by atoms with E-state index in [0.717, 1.165) is 6.04 Å². The molecule has 0 amide bonds. The maximum absolute atomic E-state index is 8.44. The fourth-order valence-corrected chi connectivity index (χ4v) is 1.01. The SMILES string of the molecule is C[Si](C)(C)CCO.Cl.[MgH2]. The van der Waals surface area contributed by atoms with Gasteiger partial charge in [-0.2, -0.15) is 0 Å². The van der Waals surface area contributed by atoms with Crippen molar-refractivity contribution in [3.63, 3.8) is 0 Å². The van der Waals surface area contributed by atoms with Gasteiger partial charge in [-0.25, -0.2) is 0 Å². The van der Waals surface area contributed by atoms with Crippen molar-refractivity contribution in [3.05, 3.63) is 0 Å². The van der Waals surface area contributed by atoms with Gasteiger partial charge in [-0.15, -0.1) is 12.4 Å². The van der Waals surface area contributed by atoms with Gasteiger partial charge in [0.05, 0.1) is 0 Å². The van der Waals surface area contributed by atoms with Crippen molar-refractivity contribution in [1.29, 1.82) is 0 Å². The van der Waals surface area contributed by atoms with Crippen LogP contribution in [-0.2, 0) is 0 Å². The summed E-state index contributed by atoms with van der Waals surface area (Å²) in [6.07, 6.45) is 0. The highest BCUT2D eigenvalue weighted by Gasteiger charge is 2.09. The number of rotatable bonds is 2. The molecule has 0 atom stereocenters. The van der Waals surface area contributed by atoms with Gasteiger partial charge in [-0.1, -0.05) is 19.6 Å². The van der Waals surface area contributed by atoms with Crippen LogP contribution in [0, 0.1) is 0 Å². The Hall–Kier alpha value is 1.23. The minimum atomic E-state index is -0.907. The number of halogens is 1. The Balaban J connectivity index is -0.000000180. The molecule has 0 spiro atoms. The first-order valence-corrected chi connectivity index (χ1v) is 6.38. The second kappa shape index (κ2) is 7.34. The highest BCUT2D eigenvalue weighted by Crippen LogP contribution is 2.05. The summed E-state index contributed by atoms with van der Waals surface area (Å²) >= 11 is 0. The minimum absolute atomic E-state index is 0. The lowest BCUT2D eigenvalue weighted by Crippen LogP contribution is -2.20. The topological polar surface area (TPSA) is 20.2 Å². The van der Waals surface area contributed by atoms with E-state index in [2.05, 4.69) is 19.6 Å². The van der Waals surface area contributed by atoms with Crippen molar-refractivity contribution in [1.82, 2.24) is 0 Å². The lowest BCUT2D eigenvalue weighted by molar-refractivity contribution is 0.316. The molecule has 0 aliphatic heterocycles. The maximum Gasteiger partial charge on any atom is 0.316 e. The first-order chi connectivity index (χ1) is 3.06. The van der Waals surface area contributed by atoms with Crippen LogP contribution >= 0.6 is 12.4 Å². The molecule has 0 aliphatic carbocycles. The Bertz CT molecular complexity index is 55.4. The molecular formula is C5H17ClMgOSi. The van der Waals surface area contributed by atoms with E-state index in [-0.39, 0.29) is 35.5 Å². The van der Waals surface area contributed by atoms with Gasteiger partial charge in [0.25, 0.3) is 0 Å². The Labute approximate surface area is 80.8 Å². The molecule has 0 heterocycles. The van der Waals surface area contributed by atoms with E-state index >= 15 is 0 Å². The third-order valence-corrected chi connectivity index (χ3v) is 2.59. The van der Waals surface area contributed by atoms with Gasteiger partial charge in [0.15, 0.2) is 0 Å². The van der Waals surface area contributed by atoms with E-state index in [0.29, 0.717) is 6.61 Å². The summed E-state index contributed by atoms with van der Waals surface area (Å²) in [5.74, 6) is 0. The molecule has 1 N–H and O–H groups in total. The molecule has 1 nitrogen and oxygen atoms in total. The van der Waals surface area contributed by atoms with Crippen LogP contribution < -0.4 is 0 Å². The van der Waals surface area contributed by atoms with Crippen LogP contribution in [0.4, 0.5) is 0 Å². The zero-order valence-electron chi connectivity index (χ0n) is 5.77. The number of hydrogen-bond donors (Lipinski definition) is 1. The smallest absolute Gasteiger partial charge is 0.316 e. The molecule has 0 aliphatic rings. The van der Waals surface area contributed by atoms with Gasteiger partial charge in [0.1, 0.15) is 0 Å². The highest BCUT2D eigenvalue weighted by molar-refractivity contribution is 6.76. The third kappa shape index (κ3) is 17.6. The van der Waals surface area contributed by atoms with Gasteiger partial charge >= 0.3 is 23.1 Å². The molecule has 9 heavy (non-hydrogen) atoms. The van der Waals surface area contributed by atoms with Crippen LogP contribution in [0.25, 0.3) is 0 Å². The fraction of sp³-hybridized carbons (Fsp3) is 1.00. The van der Waals surface area contributed by atoms with Crippen LogP contribution in [0.15, 0.2) is 0 Å². The van der Waals surface area contributed by atoms with Crippen molar-refractivity contribution >= 4 is 43.5 Å². The lowest BCUT2D eigenvalue weighted by Gasteiger charge is -2.11. The summed E-state index contributed by atoms with van der Waals surface area (Å²) in [5, 5.41) is 8.44. The summed E-state index contributed by atoms with van der Waals surface area (Å²) in [7, 11) is -0.907. The molecule has 0 radical (unpaired) electrons.